The maximum Gasteiger partial charge on any atom is 0.0344 e. The molecule has 3 unspecified atom stereocenters. The SMILES string of the molecule is CN1CCCC(CN)(N2CCC3CCCCC3C2)CC1. The third kappa shape index (κ3) is 2.90. The zero-order chi connectivity index (χ0) is 14.0. The second-order valence-electron chi connectivity index (χ2n) is 7.62. The van der Waals surface area contributed by atoms with E-state index >= 15 is 0 Å². The maximum absolute atomic E-state index is 6.29. The molecule has 0 bridgehead atoms. The van der Waals surface area contributed by atoms with Crippen molar-refractivity contribution in [1.29, 1.82) is 0 Å². The van der Waals surface area contributed by atoms with Gasteiger partial charge < -0.3 is 10.6 Å². The van der Waals surface area contributed by atoms with Crippen LogP contribution in [-0.2, 0) is 0 Å². The van der Waals surface area contributed by atoms with Gasteiger partial charge in [0.25, 0.3) is 0 Å². The molecule has 1 aliphatic carbocycles. The lowest BCUT2D eigenvalue weighted by Gasteiger charge is -2.50. The van der Waals surface area contributed by atoms with Crippen molar-refractivity contribution in [3.8, 4) is 0 Å². The van der Waals surface area contributed by atoms with E-state index in [4.69, 9.17) is 5.73 Å². The summed E-state index contributed by atoms with van der Waals surface area (Å²) in [6.07, 6.45) is 11.3. The van der Waals surface area contributed by atoms with Gasteiger partial charge in [0.05, 0.1) is 0 Å². The monoisotopic (exact) mass is 279 g/mol. The molecule has 3 atom stereocenters. The Labute approximate surface area is 124 Å². The van der Waals surface area contributed by atoms with Gasteiger partial charge in [-0.05, 0) is 70.6 Å². The van der Waals surface area contributed by atoms with Crippen LogP contribution in [0.25, 0.3) is 0 Å². The molecular weight excluding hydrogens is 246 g/mol. The minimum Gasteiger partial charge on any atom is -0.329 e. The van der Waals surface area contributed by atoms with E-state index in [0.29, 0.717) is 5.54 Å². The van der Waals surface area contributed by atoms with Gasteiger partial charge in [-0.15, -0.1) is 0 Å². The van der Waals surface area contributed by atoms with Crippen molar-refractivity contribution in [2.75, 3.05) is 39.8 Å². The standard InChI is InChI=1S/C17H33N3/c1-19-10-4-8-17(14-18,9-12-19)20-11-7-15-5-2-3-6-16(15)13-20/h15-16H,2-14,18H2,1H3. The molecule has 2 saturated heterocycles. The van der Waals surface area contributed by atoms with E-state index in [1.807, 2.05) is 0 Å². The summed E-state index contributed by atoms with van der Waals surface area (Å²) in [5.41, 5.74) is 6.60. The van der Waals surface area contributed by atoms with Crippen LogP contribution in [0.2, 0.25) is 0 Å². The Morgan fingerprint density at radius 2 is 1.75 bits per heavy atom. The minimum atomic E-state index is 0.313. The fourth-order valence-corrected chi connectivity index (χ4v) is 4.99. The van der Waals surface area contributed by atoms with Crippen LogP contribution in [0.5, 0.6) is 0 Å². The highest BCUT2D eigenvalue weighted by Crippen LogP contribution is 2.40. The molecule has 3 nitrogen and oxygen atoms in total. The molecule has 1 saturated carbocycles. The molecule has 0 spiro atoms. The zero-order valence-electron chi connectivity index (χ0n) is 13.3. The molecule has 3 fully saturated rings. The highest BCUT2D eigenvalue weighted by atomic mass is 15.2. The van der Waals surface area contributed by atoms with Gasteiger partial charge in [0.15, 0.2) is 0 Å². The summed E-state index contributed by atoms with van der Waals surface area (Å²) in [5, 5.41) is 0. The number of likely N-dealkylation sites (tertiary alicyclic amines) is 2. The normalized spacial score (nSPS) is 41.1. The summed E-state index contributed by atoms with van der Waals surface area (Å²) in [5.74, 6) is 2.00. The summed E-state index contributed by atoms with van der Waals surface area (Å²) in [7, 11) is 2.26. The number of rotatable bonds is 2. The first kappa shape index (κ1) is 14.8. The Morgan fingerprint density at radius 3 is 2.55 bits per heavy atom. The quantitative estimate of drug-likeness (QED) is 0.842. The van der Waals surface area contributed by atoms with Gasteiger partial charge in [-0.25, -0.2) is 0 Å². The lowest BCUT2D eigenvalue weighted by molar-refractivity contribution is -0.000200. The molecular formula is C17H33N3. The zero-order valence-corrected chi connectivity index (χ0v) is 13.3. The van der Waals surface area contributed by atoms with Crippen LogP contribution in [0.1, 0.15) is 51.4 Å². The topological polar surface area (TPSA) is 32.5 Å². The van der Waals surface area contributed by atoms with Crippen molar-refractivity contribution < 1.29 is 0 Å². The molecule has 0 amide bonds. The number of hydrogen-bond donors (Lipinski definition) is 1. The fourth-order valence-electron chi connectivity index (χ4n) is 4.99. The van der Waals surface area contributed by atoms with E-state index in [0.717, 1.165) is 18.4 Å². The Morgan fingerprint density at radius 1 is 0.950 bits per heavy atom. The summed E-state index contributed by atoms with van der Waals surface area (Å²) in [4.78, 5) is 5.31. The molecule has 3 aliphatic rings. The van der Waals surface area contributed by atoms with Crippen molar-refractivity contribution in [3.05, 3.63) is 0 Å². The van der Waals surface area contributed by atoms with Gasteiger partial charge in [-0.1, -0.05) is 19.3 Å². The molecule has 0 aromatic heterocycles. The van der Waals surface area contributed by atoms with Crippen LogP contribution in [0.3, 0.4) is 0 Å². The summed E-state index contributed by atoms with van der Waals surface area (Å²) < 4.78 is 0. The molecule has 2 aliphatic heterocycles. The number of hydrogen-bond acceptors (Lipinski definition) is 3. The second-order valence-corrected chi connectivity index (χ2v) is 7.62. The third-order valence-corrected chi connectivity index (χ3v) is 6.48. The van der Waals surface area contributed by atoms with E-state index in [9.17, 15) is 0 Å². The van der Waals surface area contributed by atoms with Gasteiger partial charge in [-0.2, -0.15) is 0 Å². The Balaban J connectivity index is 1.69. The van der Waals surface area contributed by atoms with Crippen LogP contribution in [0.15, 0.2) is 0 Å². The largest absolute Gasteiger partial charge is 0.329 e. The van der Waals surface area contributed by atoms with Crippen LogP contribution in [0.4, 0.5) is 0 Å². The Hall–Kier alpha value is -0.120. The summed E-state index contributed by atoms with van der Waals surface area (Å²) in [6, 6.07) is 0. The minimum absolute atomic E-state index is 0.313. The van der Waals surface area contributed by atoms with Crippen LogP contribution < -0.4 is 5.73 Å². The number of fused-ring (bicyclic) bond motifs is 1. The highest BCUT2D eigenvalue weighted by molar-refractivity contribution is 4.98. The van der Waals surface area contributed by atoms with Gasteiger partial charge in [0.2, 0.25) is 0 Å². The van der Waals surface area contributed by atoms with Crippen LogP contribution >= 0.6 is 0 Å². The van der Waals surface area contributed by atoms with Crippen molar-refractivity contribution in [2.24, 2.45) is 17.6 Å². The first-order chi connectivity index (χ1) is 9.73. The van der Waals surface area contributed by atoms with E-state index in [1.54, 1.807) is 0 Å². The van der Waals surface area contributed by atoms with Gasteiger partial charge in [0.1, 0.15) is 0 Å². The molecule has 116 valence electrons. The highest BCUT2D eigenvalue weighted by Gasteiger charge is 2.41. The summed E-state index contributed by atoms with van der Waals surface area (Å²) >= 11 is 0. The Kier molecular flexibility index (Phi) is 4.68. The second kappa shape index (κ2) is 6.33. The smallest absolute Gasteiger partial charge is 0.0344 e. The van der Waals surface area contributed by atoms with Crippen LogP contribution in [-0.4, -0.2) is 55.1 Å². The lowest BCUT2D eigenvalue weighted by atomic mass is 9.73. The summed E-state index contributed by atoms with van der Waals surface area (Å²) in [6.45, 7) is 5.98. The number of nitrogens with zero attached hydrogens (tertiary/aromatic N) is 2. The fraction of sp³-hybridized carbons (Fsp3) is 1.00. The van der Waals surface area contributed by atoms with Crippen molar-refractivity contribution >= 4 is 0 Å². The molecule has 0 aromatic rings. The first-order valence-electron chi connectivity index (χ1n) is 8.87. The third-order valence-electron chi connectivity index (χ3n) is 6.48. The van der Waals surface area contributed by atoms with Crippen LogP contribution in [0, 0.1) is 11.8 Å². The number of piperidine rings is 1. The molecule has 2 N–H and O–H groups in total. The average Bonchev–Trinajstić information content (AvgIpc) is 2.69. The maximum atomic E-state index is 6.29. The predicted octanol–water partition coefficient (Wildman–Crippen LogP) is 2.31. The Bertz CT molecular complexity index is 319. The predicted molar refractivity (Wildman–Crippen MR) is 84.8 cm³/mol. The van der Waals surface area contributed by atoms with E-state index in [-0.39, 0.29) is 0 Å². The molecule has 3 heteroatoms. The van der Waals surface area contributed by atoms with Gasteiger partial charge >= 0.3 is 0 Å². The van der Waals surface area contributed by atoms with Gasteiger partial charge in [0, 0.05) is 18.6 Å². The van der Waals surface area contributed by atoms with E-state index in [2.05, 4.69) is 16.8 Å². The first-order valence-corrected chi connectivity index (χ1v) is 8.87. The molecule has 20 heavy (non-hydrogen) atoms. The average molecular weight is 279 g/mol. The van der Waals surface area contributed by atoms with E-state index < -0.39 is 0 Å². The van der Waals surface area contributed by atoms with Crippen molar-refractivity contribution in [3.63, 3.8) is 0 Å². The molecule has 3 rings (SSSR count). The molecule has 2 heterocycles. The lowest BCUT2D eigenvalue weighted by Crippen LogP contribution is -2.58. The molecule has 0 aromatic carbocycles. The van der Waals surface area contributed by atoms with E-state index in [1.165, 1.54) is 77.5 Å². The van der Waals surface area contributed by atoms with Crippen molar-refractivity contribution in [1.82, 2.24) is 9.80 Å². The van der Waals surface area contributed by atoms with Crippen molar-refractivity contribution in [2.45, 2.75) is 56.9 Å². The number of nitrogens with two attached hydrogens (primary N) is 1. The van der Waals surface area contributed by atoms with Gasteiger partial charge in [-0.3, -0.25) is 4.90 Å². The molecule has 0 radical (unpaired) electrons.